The number of nitrogens with zero attached hydrogens (tertiary/aromatic N) is 4. The highest BCUT2D eigenvalue weighted by Gasteiger charge is 2.29. The van der Waals surface area contributed by atoms with Crippen molar-refractivity contribution in [3.05, 3.63) is 59.0 Å². The molecule has 0 radical (unpaired) electrons. The molecule has 0 spiro atoms. The molecule has 1 aromatic carbocycles. The number of Topliss-reactive ketones (excluding diaryl/α,β-unsaturated/α-hetero) is 1. The van der Waals surface area contributed by atoms with E-state index in [0.29, 0.717) is 5.92 Å². The molecule has 0 atom stereocenters. The summed E-state index contributed by atoms with van der Waals surface area (Å²) in [5.41, 5.74) is 10.1. The summed E-state index contributed by atoms with van der Waals surface area (Å²) in [7, 11) is 0. The number of ether oxygens (including phenoxy) is 1. The molecule has 3 aliphatic rings. The van der Waals surface area contributed by atoms with Gasteiger partial charge in [-0.25, -0.2) is 9.78 Å². The second-order valence-electron chi connectivity index (χ2n) is 14.7. The molecule has 2 fully saturated rings. The number of fused-ring (bicyclic) bond motifs is 2. The van der Waals surface area contributed by atoms with Crippen LogP contribution in [0.1, 0.15) is 126 Å². The Morgan fingerprint density at radius 1 is 1.00 bits per heavy atom. The van der Waals surface area contributed by atoms with Crippen molar-refractivity contribution in [2.75, 3.05) is 26.3 Å². The molecule has 7 rings (SSSR count). The Morgan fingerprint density at radius 2 is 1.73 bits per heavy atom. The van der Waals surface area contributed by atoms with E-state index in [1.807, 2.05) is 18.4 Å². The van der Waals surface area contributed by atoms with Gasteiger partial charge in [-0.2, -0.15) is 0 Å². The Morgan fingerprint density at radius 3 is 2.35 bits per heavy atom. The second-order valence-corrected chi connectivity index (χ2v) is 14.7. The summed E-state index contributed by atoms with van der Waals surface area (Å²) >= 11 is 0. The molecule has 1 saturated carbocycles. The van der Waals surface area contributed by atoms with E-state index in [9.17, 15) is 14.7 Å². The summed E-state index contributed by atoms with van der Waals surface area (Å²) in [4.78, 5) is 39.6. The van der Waals surface area contributed by atoms with E-state index in [2.05, 4.69) is 59.1 Å². The maximum atomic E-state index is 12.4. The Labute approximate surface area is 302 Å². The van der Waals surface area contributed by atoms with Crippen LogP contribution in [0.3, 0.4) is 0 Å². The van der Waals surface area contributed by atoms with Crippen LogP contribution < -0.4 is 0 Å². The maximum absolute atomic E-state index is 12.4. The number of carbonyl (C=O) groups is 2. The number of ketones is 1. The number of morpholine rings is 1. The number of carboxylic acids is 1. The minimum absolute atomic E-state index is 0.0289. The smallest absolute Gasteiger partial charge is 0.352 e. The van der Waals surface area contributed by atoms with E-state index in [-0.39, 0.29) is 18.0 Å². The van der Waals surface area contributed by atoms with Gasteiger partial charge in [0, 0.05) is 53.5 Å². The number of allylic oxidation sites excluding steroid dienone is 2. The number of hydrogen-bond donors (Lipinski definition) is 2. The van der Waals surface area contributed by atoms with Gasteiger partial charge in [0.15, 0.2) is 0 Å². The number of carbonyl (C=O) groups excluding carboxylic acids is 1. The summed E-state index contributed by atoms with van der Waals surface area (Å²) in [5, 5.41) is 10.7. The number of H-pyrrole nitrogens is 1. The Kier molecular flexibility index (Phi) is 11.9. The first-order chi connectivity index (χ1) is 24.7. The molecule has 0 bridgehead atoms. The number of aromatic nitrogens is 3. The lowest BCUT2D eigenvalue weighted by Crippen LogP contribution is -2.43. The molecule has 272 valence electrons. The lowest BCUT2D eigenvalue weighted by Gasteiger charge is -2.34. The third-order valence-corrected chi connectivity index (χ3v) is 10.8. The average molecular weight is 694 g/mol. The molecule has 5 heterocycles. The second kappa shape index (κ2) is 16.5. The fourth-order valence-corrected chi connectivity index (χ4v) is 8.46. The number of aromatic amines is 1. The molecule has 9 heteroatoms. The molecule has 1 saturated heterocycles. The summed E-state index contributed by atoms with van der Waals surface area (Å²) in [5.74, 6) is -0.653. The summed E-state index contributed by atoms with van der Waals surface area (Å²) in [6, 6.07) is 13.0. The number of carboxylic acid groups (broad SMARTS) is 1. The van der Waals surface area contributed by atoms with Crippen molar-refractivity contribution in [2.45, 2.75) is 117 Å². The van der Waals surface area contributed by atoms with E-state index in [1.54, 1.807) is 13.0 Å². The standard InChI is InChI=1S/C31H32N4O3.C11H23NO/c1-17-13-23(19(3)32-17)25-12-9-21-14-22(10-11-24(21)33-25)30-28(20-7-5-4-6-8-20)29-27(35(30)16-18(2)36)15-26(34-29)31(37)38;1-3-5-11(6-4-2)12-7-9-13-10-8-12/h9-12,14-15,20,34H,4-8,13,16H2,1-3H3,(H,37,38);11H,3-10H2,1-2H3. The molecule has 1 aliphatic carbocycles. The average Bonchev–Trinajstić information content (AvgIpc) is 3.80. The zero-order valence-electron chi connectivity index (χ0n) is 31.2. The van der Waals surface area contributed by atoms with Gasteiger partial charge in [-0.3, -0.25) is 14.7 Å². The molecule has 4 aromatic rings. The normalized spacial score (nSPS) is 17.3. The van der Waals surface area contributed by atoms with Gasteiger partial charge in [-0.05, 0) is 82.2 Å². The van der Waals surface area contributed by atoms with Gasteiger partial charge in [0.25, 0.3) is 0 Å². The number of aromatic carboxylic acids is 1. The van der Waals surface area contributed by atoms with E-state index in [1.165, 1.54) is 37.7 Å². The highest BCUT2D eigenvalue weighted by Crippen LogP contribution is 2.44. The van der Waals surface area contributed by atoms with Gasteiger partial charge in [-0.15, -0.1) is 0 Å². The quantitative estimate of drug-likeness (QED) is 0.162. The van der Waals surface area contributed by atoms with Crippen molar-refractivity contribution in [3.63, 3.8) is 0 Å². The van der Waals surface area contributed by atoms with Crippen LogP contribution in [0.2, 0.25) is 0 Å². The first kappa shape index (κ1) is 36.7. The van der Waals surface area contributed by atoms with Crippen molar-refractivity contribution < 1.29 is 19.4 Å². The molecular weight excluding hydrogens is 638 g/mol. The van der Waals surface area contributed by atoms with Crippen LogP contribution in [0.5, 0.6) is 0 Å². The minimum Gasteiger partial charge on any atom is -0.477 e. The Balaban J connectivity index is 0.000000292. The molecule has 0 unspecified atom stereocenters. The van der Waals surface area contributed by atoms with Crippen molar-refractivity contribution in [1.29, 1.82) is 0 Å². The molecule has 3 aromatic heterocycles. The van der Waals surface area contributed by atoms with Crippen LogP contribution in [-0.4, -0.2) is 74.4 Å². The van der Waals surface area contributed by atoms with Gasteiger partial charge < -0.3 is 19.4 Å². The van der Waals surface area contributed by atoms with Gasteiger partial charge in [0.2, 0.25) is 0 Å². The topological polar surface area (TPSA) is 113 Å². The molecule has 2 aliphatic heterocycles. The van der Waals surface area contributed by atoms with E-state index in [4.69, 9.17) is 9.72 Å². The van der Waals surface area contributed by atoms with Crippen LogP contribution in [0, 0.1) is 0 Å². The van der Waals surface area contributed by atoms with E-state index in [0.717, 1.165) is 120 Å². The SMILES string of the molecule is CC(=O)Cn1c(-c2ccc3nc(C4=C(C)N=C(C)C4)ccc3c2)c(C2CCCCC2)c2[nH]c(C(=O)O)cc21.CCCC(CCC)N1CCOCC1. The minimum atomic E-state index is -0.993. The number of hydrogen-bond acceptors (Lipinski definition) is 6. The molecule has 2 N–H and O–H groups in total. The Hall–Kier alpha value is -4.08. The van der Waals surface area contributed by atoms with Gasteiger partial charge >= 0.3 is 5.97 Å². The van der Waals surface area contributed by atoms with Crippen molar-refractivity contribution >= 4 is 45.0 Å². The number of pyridine rings is 1. The predicted octanol–water partition coefficient (Wildman–Crippen LogP) is 9.40. The van der Waals surface area contributed by atoms with Crippen LogP contribution >= 0.6 is 0 Å². The van der Waals surface area contributed by atoms with Crippen molar-refractivity contribution in [3.8, 4) is 11.3 Å². The first-order valence-corrected chi connectivity index (χ1v) is 19.1. The summed E-state index contributed by atoms with van der Waals surface area (Å²) in [6.45, 7) is 14.6. The monoisotopic (exact) mass is 693 g/mol. The number of benzene rings is 1. The molecule has 0 amide bonds. The largest absolute Gasteiger partial charge is 0.477 e. The van der Waals surface area contributed by atoms with Gasteiger partial charge in [0.05, 0.1) is 47.7 Å². The van der Waals surface area contributed by atoms with Crippen molar-refractivity contribution in [2.24, 2.45) is 4.99 Å². The Bertz CT molecular complexity index is 1930. The zero-order chi connectivity index (χ0) is 36.1. The fraction of sp³-hybridized carbons (Fsp3) is 0.524. The predicted molar refractivity (Wildman–Crippen MR) is 207 cm³/mol. The highest BCUT2D eigenvalue weighted by molar-refractivity contribution is 6.00. The summed E-state index contributed by atoms with van der Waals surface area (Å²) in [6.07, 6.45) is 11.8. The van der Waals surface area contributed by atoms with Gasteiger partial charge in [-0.1, -0.05) is 58.1 Å². The molecule has 51 heavy (non-hydrogen) atoms. The summed E-state index contributed by atoms with van der Waals surface area (Å²) < 4.78 is 7.38. The van der Waals surface area contributed by atoms with Crippen LogP contribution in [-0.2, 0) is 16.1 Å². The number of nitrogens with one attached hydrogen (secondary N) is 1. The van der Waals surface area contributed by atoms with Crippen LogP contribution in [0.15, 0.2) is 47.1 Å². The van der Waals surface area contributed by atoms with Crippen molar-refractivity contribution in [1.82, 2.24) is 19.4 Å². The lowest BCUT2D eigenvalue weighted by atomic mass is 9.82. The fourth-order valence-electron chi connectivity index (χ4n) is 8.46. The maximum Gasteiger partial charge on any atom is 0.352 e. The van der Waals surface area contributed by atoms with Crippen LogP contribution in [0.25, 0.3) is 38.8 Å². The molecular formula is C42H55N5O4. The zero-order valence-corrected chi connectivity index (χ0v) is 31.2. The van der Waals surface area contributed by atoms with E-state index >= 15 is 0 Å². The third-order valence-electron chi connectivity index (χ3n) is 10.8. The van der Waals surface area contributed by atoms with Crippen LogP contribution in [0.4, 0.5) is 0 Å². The number of aliphatic imine (C=N–C) groups is 1. The third kappa shape index (κ3) is 8.20. The van der Waals surface area contributed by atoms with E-state index < -0.39 is 5.97 Å². The first-order valence-electron chi connectivity index (χ1n) is 19.1. The molecule has 9 nitrogen and oxygen atoms in total. The lowest BCUT2D eigenvalue weighted by molar-refractivity contribution is -0.117. The van der Waals surface area contributed by atoms with Gasteiger partial charge in [0.1, 0.15) is 11.5 Å². The number of rotatable bonds is 11. The highest BCUT2D eigenvalue weighted by atomic mass is 16.5.